The average molecular weight is 223 g/mol. The van der Waals surface area contributed by atoms with Gasteiger partial charge in [0.25, 0.3) is 0 Å². The van der Waals surface area contributed by atoms with Crippen molar-refractivity contribution in [2.24, 2.45) is 0 Å². The number of alkyl halides is 2. The van der Waals surface area contributed by atoms with E-state index in [4.69, 9.17) is 16.0 Å². The molecule has 1 aromatic rings. The van der Waals surface area contributed by atoms with E-state index >= 15 is 0 Å². The lowest BCUT2D eigenvalue weighted by Crippen LogP contribution is -2.05. The molecule has 0 N–H and O–H groups in total. The molecule has 1 aromatic heterocycles. The average Bonchev–Trinajstić information content (AvgIpc) is 2.36. The highest BCUT2D eigenvalue weighted by Crippen LogP contribution is 2.13. The van der Waals surface area contributed by atoms with E-state index in [1.165, 1.54) is 6.26 Å². The fourth-order valence-electron chi connectivity index (χ4n) is 0.526. The predicted molar refractivity (Wildman–Crippen MR) is 41.6 cm³/mol. The van der Waals surface area contributed by atoms with Crippen molar-refractivity contribution in [1.82, 2.24) is 0 Å². The van der Waals surface area contributed by atoms with Gasteiger partial charge in [-0.05, 0) is 12.1 Å². The number of Topliss-reactive ketones (excluding diaryl/α,β-unsaturated/α-hetero) is 1. The first-order valence-electron chi connectivity index (χ1n) is 2.57. The van der Waals surface area contributed by atoms with Crippen LogP contribution < -0.4 is 0 Å². The Morgan fingerprint density at radius 1 is 1.80 bits per heavy atom. The molecule has 2 nitrogen and oxygen atoms in total. The SMILES string of the molecule is O=C(c1ccco1)C(Cl)Br. The zero-order chi connectivity index (χ0) is 7.56. The third-order valence-corrected chi connectivity index (χ3v) is 1.58. The topological polar surface area (TPSA) is 30.2 Å². The smallest absolute Gasteiger partial charge is 0.226 e. The lowest BCUT2D eigenvalue weighted by molar-refractivity contribution is 0.0984. The molecular formula is C6H4BrClO2. The summed E-state index contributed by atoms with van der Waals surface area (Å²) in [4.78, 5) is 10.9. The van der Waals surface area contributed by atoms with E-state index in [-0.39, 0.29) is 11.5 Å². The van der Waals surface area contributed by atoms with Crippen molar-refractivity contribution in [3.63, 3.8) is 0 Å². The molecular weight excluding hydrogens is 219 g/mol. The molecule has 1 atom stereocenters. The van der Waals surface area contributed by atoms with Crippen LogP contribution in [-0.4, -0.2) is 10.1 Å². The molecule has 0 aliphatic heterocycles. The van der Waals surface area contributed by atoms with Crippen molar-refractivity contribution in [2.75, 3.05) is 0 Å². The zero-order valence-electron chi connectivity index (χ0n) is 4.88. The molecule has 0 aromatic carbocycles. The monoisotopic (exact) mass is 222 g/mol. The van der Waals surface area contributed by atoms with Crippen LogP contribution >= 0.6 is 27.5 Å². The molecule has 0 aliphatic carbocycles. The third kappa shape index (κ3) is 1.61. The maximum Gasteiger partial charge on any atom is 0.226 e. The minimum absolute atomic E-state index is 0.258. The lowest BCUT2D eigenvalue weighted by atomic mass is 10.3. The number of halogens is 2. The number of carbonyl (C=O) groups is 1. The largest absolute Gasteiger partial charge is 0.461 e. The van der Waals surface area contributed by atoms with Gasteiger partial charge in [-0.3, -0.25) is 4.79 Å². The molecule has 0 saturated heterocycles. The van der Waals surface area contributed by atoms with Gasteiger partial charge in [-0.15, -0.1) is 11.6 Å². The molecule has 1 unspecified atom stereocenters. The van der Waals surface area contributed by atoms with Gasteiger partial charge in [-0.25, -0.2) is 0 Å². The van der Waals surface area contributed by atoms with Gasteiger partial charge in [0, 0.05) is 0 Å². The van der Waals surface area contributed by atoms with Gasteiger partial charge in [0.15, 0.2) is 10.0 Å². The van der Waals surface area contributed by atoms with Crippen LogP contribution in [0.3, 0.4) is 0 Å². The highest BCUT2D eigenvalue weighted by Gasteiger charge is 2.15. The summed E-state index contributed by atoms with van der Waals surface area (Å²) in [5.41, 5.74) is 0. The second-order valence-electron chi connectivity index (χ2n) is 1.64. The molecule has 0 fully saturated rings. The van der Waals surface area contributed by atoms with Crippen LogP contribution in [-0.2, 0) is 0 Å². The minimum Gasteiger partial charge on any atom is -0.461 e. The third-order valence-electron chi connectivity index (χ3n) is 0.962. The second kappa shape index (κ2) is 3.21. The standard InChI is InChI=1S/C6H4BrClO2/c7-6(8)5(9)4-2-1-3-10-4/h1-3,6H. The van der Waals surface area contributed by atoms with Gasteiger partial charge < -0.3 is 4.42 Å². The molecule has 0 bridgehead atoms. The summed E-state index contributed by atoms with van der Waals surface area (Å²) in [7, 11) is 0. The highest BCUT2D eigenvalue weighted by molar-refractivity contribution is 9.10. The molecule has 0 radical (unpaired) electrons. The Bertz CT molecular complexity index is 218. The van der Waals surface area contributed by atoms with Crippen molar-refractivity contribution >= 4 is 33.3 Å². The van der Waals surface area contributed by atoms with Crippen molar-refractivity contribution in [2.45, 2.75) is 4.29 Å². The van der Waals surface area contributed by atoms with Gasteiger partial charge in [0.05, 0.1) is 6.26 Å². The molecule has 10 heavy (non-hydrogen) atoms. The van der Waals surface area contributed by atoms with Crippen LogP contribution in [0.25, 0.3) is 0 Å². The molecule has 1 rings (SSSR count). The zero-order valence-corrected chi connectivity index (χ0v) is 7.22. The maximum atomic E-state index is 10.9. The Labute approximate surface area is 71.3 Å². The maximum absolute atomic E-state index is 10.9. The molecule has 1 heterocycles. The number of ketones is 1. The first-order valence-corrected chi connectivity index (χ1v) is 3.93. The molecule has 4 heteroatoms. The normalized spacial score (nSPS) is 13.0. The van der Waals surface area contributed by atoms with Gasteiger partial charge in [0.2, 0.25) is 5.78 Å². The fourth-order valence-corrected chi connectivity index (χ4v) is 0.859. The summed E-state index contributed by atoms with van der Waals surface area (Å²) < 4.78 is 4.10. The Kier molecular flexibility index (Phi) is 2.51. The predicted octanol–water partition coefficient (Wildman–Crippen LogP) is 2.42. The molecule has 0 aliphatic rings. The van der Waals surface area contributed by atoms with Gasteiger partial charge in [-0.2, -0.15) is 0 Å². The summed E-state index contributed by atoms with van der Waals surface area (Å²) in [6.45, 7) is 0. The fraction of sp³-hybridized carbons (Fsp3) is 0.167. The minimum atomic E-state index is -0.696. The lowest BCUT2D eigenvalue weighted by Gasteiger charge is -1.93. The summed E-state index contributed by atoms with van der Waals surface area (Å²) in [5, 5.41) is 0. The second-order valence-corrected chi connectivity index (χ2v) is 3.52. The van der Waals surface area contributed by atoms with Crippen molar-refractivity contribution in [1.29, 1.82) is 0 Å². The first-order chi connectivity index (χ1) is 4.72. The van der Waals surface area contributed by atoms with Crippen LogP contribution in [0.2, 0.25) is 0 Å². The molecule has 54 valence electrons. The van der Waals surface area contributed by atoms with Crippen LogP contribution in [0, 0.1) is 0 Å². The Morgan fingerprint density at radius 2 is 2.50 bits per heavy atom. The Hall–Kier alpha value is -0.280. The van der Waals surface area contributed by atoms with E-state index < -0.39 is 4.29 Å². The van der Waals surface area contributed by atoms with Gasteiger partial charge in [0.1, 0.15) is 0 Å². The highest BCUT2D eigenvalue weighted by atomic mass is 79.9. The van der Waals surface area contributed by atoms with E-state index in [2.05, 4.69) is 15.9 Å². The number of furan rings is 1. The number of carbonyl (C=O) groups excluding carboxylic acids is 1. The van der Waals surface area contributed by atoms with Gasteiger partial charge in [-0.1, -0.05) is 15.9 Å². The number of hydrogen-bond donors (Lipinski definition) is 0. The van der Waals surface area contributed by atoms with E-state index in [1.807, 2.05) is 0 Å². The van der Waals surface area contributed by atoms with Crippen LogP contribution in [0.15, 0.2) is 22.8 Å². The summed E-state index contributed by atoms with van der Waals surface area (Å²) in [5.74, 6) is 0.0172. The quantitative estimate of drug-likeness (QED) is 0.569. The van der Waals surface area contributed by atoms with E-state index in [0.29, 0.717) is 0 Å². The van der Waals surface area contributed by atoms with E-state index in [0.717, 1.165) is 0 Å². The van der Waals surface area contributed by atoms with Crippen LogP contribution in [0.5, 0.6) is 0 Å². The summed E-state index contributed by atoms with van der Waals surface area (Å²) in [6, 6.07) is 3.21. The van der Waals surface area contributed by atoms with Crippen molar-refractivity contribution in [3.8, 4) is 0 Å². The van der Waals surface area contributed by atoms with Crippen LogP contribution in [0.4, 0.5) is 0 Å². The van der Waals surface area contributed by atoms with Crippen molar-refractivity contribution < 1.29 is 9.21 Å². The Balaban J connectivity index is 2.78. The Morgan fingerprint density at radius 3 is 2.90 bits per heavy atom. The van der Waals surface area contributed by atoms with Gasteiger partial charge >= 0.3 is 0 Å². The number of hydrogen-bond acceptors (Lipinski definition) is 2. The summed E-state index contributed by atoms with van der Waals surface area (Å²) >= 11 is 8.34. The van der Waals surface area contributed by atoms with E-state index in [1.54, 1.807) is 12.1 Å². The number of rotatable bonds is 2. The van der Waals surface area contributed by atoms with Crippen molar-refractivity contribution in [3.05, 3.63) is 24.2 Å². The first kappa shape index (κ1) is 7.82. The van der Waals surface area contributed by atoms with E-state index in [9.17, 15) is 4.79 Å². The molecule has 0 amide bonds. The van der Waals surface area contributed by atoms with Crippen LogP contribution in [0.1, 0.15) is 10.6 Å². The summed E-state index contributed by atoms with van der Waals surface area (Å²) in [6.07, 6.45) is 1.43. The molecule has 0 saturated carbocycles. The molecule has 0 spiro atoms.